The van der Waals surface area contributed by atoms with E-state index in [1.165, 1.54) is 11.0 Å². The van der Waals surface area contributed by atoms with Crippen LogP contribution in [0.5, 0.6) is 0 Å². The summed E-state index contributed by atoms with van der Waals surface area (Å²) < 4.78 is 0. The second-order valence-electron chi connectivity index (χ2n) is 2.89. The smallest absolute Gasteiger partial charge is 0.326 e. The average Bonchev–Trinajstić information content (AvgIpc) is 2.13. The van der Waals surface area contributed by atoms with E-state index in [9.17, 15) is 9.59 Å². The van der Waals surface area contributed by atoms with Gasteiger partial charge in [0.2, 0.25) is 5.91 Å². The molecule has 0 aromatic carbocycles. The molecule has 0 saturated carbocycles. The van der Waals surface area contributed by atoms with Gasteiger partial charge in [0, 0.05) is 6.54 Å². The van der Waals surface area contributed by atoms with Crippen molar-refractivity contribution in [2.75, 3.05) is 6.54 Å². The van der Waals surface area contributed by atoms with Gasteiger partial charge in [0.05, 0.1) is 0 Å². The number of hydrogen-bond acceptors (Lipinski definition) is 2. The number of amides is 1. The highest BCUT2D eigenvalue weighted by Gasteiger charge is 2.24. The van der Waals surface area contributed by atoms with Gasteiger partial charge in [-0.1, -0.05) is 13.0 Å². The second-order valence-corrected chi connectivity index (χ2v) is 2.89. The first kappa shape index (κ1) is 12.7. The first-order valence-corrected chi connectivity index (χ1v) is 4.74. The van der Waals surface area contributed by atoms with Crippen LogP contribution >= 0.6 is 0 Å². The number of carbonyl (C=O) groups is 2. The molecule has 0 saturated heterocycles. The summed E-state index contributed by atoms with van der Waals surface area (Å²) >= 11 is 0. The Morgan fingerprint density at radius 3 is 2.29 bits per heavy atom. The van der Waals surface area contributed by atoms with Crippen LogP contribution in [0, 0.1) is 0 Å². The van der Waals surface area contributed by atoms with Crippen LogP contribution in [0.15, 0.2) is 12.2 Å². The van der Waals surface area contributed by atoms with E-state index in [-0.39, 0.29) is 5.91 Å². The average molecular weight is 199 g/mol. The highest BCUT2D eigenvalue weighted by atomic mass is 16.4. The third kappa shape index (κ3) is 3.20. The number of allylic oxidation sites excluding steroid dienone is 1. The molecule has 0 spiro atoms. The lowest BCUT2D eigenvalue weighted by Gasteiger charge is -2.25. The molecule has 80 valence electrons. The lowest BCUT2D eigenvalue weighted by atomic mass is 10.2. The van der Waals surface area contributed by atoms with E-state index in [2.05, 4.69) is 0 Å². The number of aliphatic carboxylic acids is 1. The Hall–Kier alpha value is -1.32. The van der Waals surface area contributed by atoms with Crippen molar-refractivity contribution in [2.45, 2.75) is 33.2 Å². The van der Waals surface area contributed by atoms with E-state index in [0.29, 0.717) is 13.0 Å². The molecule has 0 heterocycles. The van der Waals surface area contributed by atoms with Crippen LogP contribution in [0.25, 0.3) is 0 Å². The SMILES string of the molecule is C/C=C/C(=O)N(CC)[C@H](CC)C(=O)O. The van der Waals surface area contributed by atoms with Crippen molar-refractivity contribution in [3.8, 4) is 0 Å². The minimum absolute atomic E-state index is 0.246. The maximum atomic E-state index is 11.5. The molecule has 4 heteroatoms. The Labute approximate surface area is 84.2 Å². The third-order valence-electron chi connectivity index (χ3n) is 1.98. The minimum Gasteiger partial charge on any atom is -0.480 e. The van der Waals surface area contributed by atoms with Gasteiger partial charge in [0.1, 0.15) is 6.04 Å². The van der Waals surface area contributed by atoms with Gasteiger partial charge in [0.15, 0.2) is 0 Å². The quantitative estimate of drug-likeness (QED) is 0.678. The summed E-state index contributed by atoms with van der Waals surface area (Å²) in [5.74, 6) is -1.20. The van der Waals surface area contributed by atoms with Crippen LogP contribution in [0.1, 0.15) is 27.2 Å². The number of carbonyl (C=O) groups excluding carboxylic acids is 1. The zero-order valence-electron chi connectivity index (χ0n) is 8.86. The summed E-state index contributed by atoms with van der Waals surface area (Å²) in [4.78, 5) is 23.6. The monoisotopic (exact) mass is 199 g/mol. The molecule has 4 nitrogen and oxygen atoms in total. The van der Waals surface area contributed by atoms with Crippen molar-refractivity contribution in [2.24, 2.45) is 0 Å². The van der Waals surface area contributed by atoms with Gasteiger partial charge in [-0.25, -0.2) is 4.79 Å². The maximum Gasteiger partial charge on any atom is 0.326 e. The summed E-state index contributed by atoms with van der Waals surface area (Å²) in [6, 6.07) is -0.719. The predicted octanol–water partition coefficient (Wildman–Crippen LogP) is 1.27. The third-order valence-corrected chi connectivity index (χ3v) is 1.98. The van der Waals surface area contributed by atoms with Crippen LogP contribution in [0.4, 0.5) is 0 Å². The van der Waals surface area contributed by atoms with E-state index in [0.717, 1.165) is 0 Å². The molecule has 14 heavy (non-hydrogen) atoms. The maximum absolute atomic E-state index is 11.5. The van der Waals surface area contributed by atoms with Gasteiger partial charge in [0.25, 0.3) is 0 Å². The molecule has 0 fully saturated rings. The Balaban J connectivity index is 4.67. The molecule has 0 aliphatic rings. The van der Waals surface area contributed by atoms with Gasteiger partial charge in [-0.05, 0) is 26.3 Å². The zero-order chi connectivity index (χ0) is 11.1. The molecule has 1 atom stereocenters. The molecule has 0 rings (SSSR count). The second kappa shape index (κ2) is 6.18. The number of carboxylic acid groups (broad SMARTS) is 1. The Morgan fingerprint density at radius 1 is 1.43 bits per heavy atom. The fourth-order valence-corrected chi connectivity index (χ4v) is 1.30. The molecule has 0 radical (unpaired) electrons. The first-order chi connectivity index (χ1) is 6.58. The lowest BCUT2D eigenvalue weighted by molar-refractivity contribution is -0.148. The highest BCUT2D eigenvalue weighted by molar-refractivity contribution is 5.91. The molecule has 0 aliphatic heterocycles. The van der Waals surface area contributed by atoms with Crippen molar-refractivity contribution >= 4 is 11.9 Å². The molecule has 0 unspecified atom stereocenters. The summed E-state index contributed by atoms with van der Waals surface area (Å²) in [5.41, 5.74) is 0. The molecule has 0 bridgehead atoms. The number of hydrogen-bond donors (Lipinski definition) is 1. The highest BCUT2D eigenvalue weighted by Crippen LogP contribution is 2.05. The number of likely N-dealkylation sites (N-methyl/N-ethyl adjacent to an activating group) is 1. The molecular formula is C10H17NO3. The van der Waals surface area contributed by atoms with Gasteiger partial charge in [-0.3, -0.25) is 4.79 Å². The van der Waals surface area contributed by atoms with E-state index < -0.39 is 12.0 Å². The zero-order valence-corrected chi connectivity index (χ0v) is 8.86. The van der Waals surface area contributed by atoms with Gasteiger partial charge >= 0.3 is 5.97 Å². The number of nitrogens with zero attached hydrogens (tertiary/aromatic N) is 1. The van der Waals surface area contributed by atoms with Crippen molar-refractivity contribution in [3.05, 3.63) is 12.2 Å². The molecule has 1 amide bonds. The minimum atomic E-state index is -0.952. The normalized spacial score (nSPS) is 12.8. The van der Waals surface area contributed by atoms with Crippen molar-refractivity contribution in [1.29, 1.82) is 0 Å². The fourth-order valence-electron chi connectivity index (χ4n) is 1.30. The molecule has 0 aromatic heterocycles. The fraction of sp³-hybridized carbons (Fsp3) is 0.600. The van der Waals surface area contributed by atoms with Gasteiger partial charge in [-0.2, -0.15) is 0 Å². The lowest BCUT2D eigenvalue weighted by Crippen LogP contribution is -2.43. The van der Waals surface area contributed by atoms with E-state index in [4.69, 9.17) is 5.11 Å². The summed E-state index contributed by atoms with van der Waals surface area (Å²) in [7, 11) is 0. The first-order valence-electron chi connectivity index (χ1n) is 4.74. The van der Waals surface area contributed by atoms with Crippen LogP contribution < -0.4 is 0 Å². The van der Waals surface area contributed by atoms with Crippen LogP contribution in [-0.2, 0) is 9.59 Å². The van der Waals surface area contributed by atoms with Gasteiger partial charge < -0.3 is 10.0 Å². The standard InChI is InChI=1S/C10H17NO3/c1-4-7-9(12)11(6-3)8(5-2)10(13)14/h4,7-8H,5-6H2,1-3H3,(H,13,14)/b7-4+/t8-/m1/s1. The predicted molar refractivity (Wildman–Crippen MR) is 53.9 cm³/mol. The topological polar surface area (TPSA) is 57.6 Å². The molecular weight excluding hydrogens is 182 g/mol. The number of carboxylic acids is 1. The summed E-state index contributed by atoms with van der Waals surface area (Å²) in [6.07, 6.45) is 3.42. The Kier molecular flexibility index (Phi) is 5.60. The van der Waals surface area contributed by atoms with E-state index >= 15 is 0 Å². The number of rotatable bonds is 5. The largest absolute Gasteiger partial charge is 0.480 e. The molecule has 1 N–H and O–H groups in total. The van der Waals surface area contributed by atoms with Crippen LogP contribution in [0.2, 0.25) is 0 Å². The molecule has 0 aliphatic carbocycles. The van der Waals surface area contributed by atoms with Crippen LogP contribution in [-0.4, -0.2) is 34.5 Å². The Bertz CT molecular complexity index is 236. The van der Waals surface area contributed by atoms with Crippen molar-refractivity contribution in [1.82, 2.24) is 4.90 Å². The Morgan fingerprint density at radius 2 is 2.00 bits per heavy atom. The summed E-state index contributed by atoms with van der Waals surface area (Å²) in [6.45, 7) is 5.67. The van der Waals surface area contributed by atoms with Crippen molar-refractivity contribution < 1.29 is 14.7 Å². The van der Waals surface area contributed by atoms with Gasteiger partial charge in [-0.15, -0.1) is 0 Å². The van der Waals surface area contributed by atoms with Crippen molar-refractivity contribution in [3.63, 3.8) is 0 Å². The van der Waals surface area contributed by atoms with E-state index in [1.54, 1.807) is 26.8 Å². The van der Waals surface area contributed by atoms with Crippen LogP contribution in [0.3, 0.4) is 0 Å². The van der Waals surface area contributed by atoms with E-state index in [1.807, 2.05) is 0 Å². The molecule has 0 aromatic rings. The summed E-state index contributed by atoms with van der Waals surface area (Å²) in [5, 5.41) is 8.87.